The molecule has 0 aromatic carbocycles. The topological polar surface area (TPSA) is 51.2 Å². The number of esters is 1. The summed E-state index contributed by atoms with van der Waals surface area (Å²) in [4.78, 5) is 16.4. The molecule has 0 saturated heterocycles. The van der Waals surface area contributed by atoms with Crippen LogP contribution in [0.5, 0.6) is 0 Å². The predicted molar refractivity (Wildman–Crippen MR) is 84.2 cm³/mol. The van der Waals surface area contributed by atoms with E-state index in [1.807, 2.05) is 6.92 Å². The van der Waals surface area contributed by atoms with E-state index < -0.39 is 6.04 Å². The maximum absolute atomic E-state index is 12.1. The number of aromatic nitrogens is 1. The fraction of sp³-hybridized carbons (Fsp3) is 0.692. The monoisotopic (exact) mass is 394 g/mol. The maximum atomic E-state index is 12.1. The van der Waals surface area contributed by atoms with E-state index >= 15 is 0 Å². The molecule has 1 unspecified atom stereocenters. The van der Waals surface area contributed by atoms with Crippen LogP contribution < -0.4 is 5.32 Å². The van der Waals surface area contributed by atoms with Crippen molar-refractivity contribution in [3.63, 3.8) is 0 Å². The molecule has 1 saturated carbocycles. The third-order valence-electron chi connectivity index (χ3n) is 3.27. The lowest BCUT2D eigenvalue weighted by Gasteiger charge is -2.26. The van der Waals surface area contributed by atoms with Crippen molar-refractivity contribution >= 4 is 39.9 Å². The number of halogens is 1. The summed E-state index contributed by atoms with van der Waals surface area (Å²) < 4.78 is 6.26. The summed E-state index contributed by atoms with van der Waals surface area (Å²) in [7, 11) is 0. The minimum Gasteiger partial charge on any atom is -0.465 e. The Bertz CT molecular complexity index is 419. The van der Waals surface area contributed by atoms with Gasteiger partial charge in [-0.05, 0) is 42.4 Å². The molecule has 1 aliphatic carbocycles. The van der Waals surface area contributed by atoms with E-state index in [2.05, 4.69) is 32.9 Å². The standard InChI is InChI=1S/C13H19IN2O2S/c1-2-18-13(17)11(12-15-8-10(14)19-12)16-9-6-4-3-5-7-9/h8-9,11,16H,2-7H2,1H3. The van der Waals surface area contributed by atoms with Gasteiger partial charge in [-0.25, -0.2) is 9.78 Å². The lowest BCUT2D eigenvalue weighted by molar-refractivity contribution is -0.146. The zero-order valence-electron chi connectivity index (χ0n) is 11.0. The Labute approximate surface area is 131 Å². The maximum Gasteiger partial charge on any atom is 0.330 e. The number of nitrogens with one attached hydrogen (secondary N) is 1. The third-order valence-corrected chi connectivity index (χ3v) is 5.06. The van der Waals surface area contributed by atoms with E-state index in [4.69, 9.17) is 4.74 Å². The van der Waals surface area contributed by atoms with Gasteiger partial charge in [0.1, 0.15) is 5.01 Å². The molecule has 1 heterocycles. The summed E-state index contributed by atoms with van der Waals surface area (Å²) in [5.74, 6) is -0.209. The van der Waals surface area contributed by atoms with Crippen molar-refractivity contribution in [1.29, 1.82) is 0 Å². The highest BCUT2D eigenvalue weighted by Gasteiger charge is 2.28. The molecule has 1 aromatic heterocycles. The van der Waals surface area contributed by atoms with Crippen LogP contribution in [0.3, 0.4) is 0 Å². The number of carbonyl (C=O) groups excluding carboxylic acids is 1. The zero-order valence-corrected chi connectivity index (χ0v) is 14.0. The second kappa shape index (κ2) is 7.54. The summed E-state index contributed by atoms with van der Waals surface area (Å²) in [6.45, 7) is 2.24. The summed E-state index contributed by atoms with van der Waals surface area (Å²) in [5, 5.41) is 4.25. The first kappa shape index (κ1) is 15.2. The van der Waals surface area contributed by atoms with Crippen molar-refractivity contribution in [2.24, 2.45) is 0 Å². The van der Waals surface area contributed by atoms with Gasteiger partial charge >= 0.3 is 5.97 Å². The molecule has 1 fully saturated rings. The summed E-state index contributed by atoms with van der Waals surface area (Å²) in [5.41, 5.74) is 0. The van der Waals surface area contributed by atoms with Gasteiger partial charge in [0.15, 0.2) is 6.04 Å². The van der Waals surface area contributed by atoms with Crippen LogP contribution in [0, 0.1) is 2.88 Å². The average molecular weight is 394 g/mol. The van der Waals surface area contributed by atoms with Crippen molar-refractivity contribution in [3.8, 4) is 0 Å². The molecule has 1 aliphatic rings. The van der Waals surface area contributed by atoms with E-state index in [-0.39, 0.29) is 5.97 Å². The molecular weight excluding hydrogens is 375 g/mol. The van der Waals surface area contributed by atoms with Gasteiger partial charge in [-0.1, -0.05) is 19.3 Å². The Morgan fingerprint density at radius 1 is 1.58 bits per heavy atom. The van der Waals surface area contributed by atoms with E-state index in [9.17, 15) is 4.79 Å². The molecule has 0 spiro atoms. The van der Waals surface area contributed by atoms with E-state index in [1.165, 1.54) is 19.3 Å². The molecule has 0 radical (unpaired) electrons. The predicted octanol–water partition coefficient (Wildman–Crippen LogP) is 3.27. The number of nitrogens with zero attached hydrogens (tertiary/aromatic N) is 1. The lowest BCUT2D eigenvalue weighted by atomic mass is 9.95. The second-order valence-electron chi connectivity index (χ2n) is 4.69. The van der Waals surface area contributed by atoms with Crippen LogP contribution in [0.15, 0.2) is 6.20 Å². The van der Waals surface area contributed by atoms with Gasteiger partial charge in [-0.3, -0.25) is 5.32 Å². The molecule has 106 valence electrons. The lowest BCUT2D eigenvalue weighted by Crippen LogP contribution is -2.39. The highest BCUT2D eigenvalue weighted by molar-refractivity contribution is 14.1. The fourth-order valence-corrected chi connectivity index (χ4v) is 3.88. The summed E-state index contributed by atoms with van der Waals surface area (Å²) in [6, 6.07) is 0.00119. The van der Waals surface area contributed by atoms with Crippen LogP contribution in [-0.4, -0.2) is 23.6 Å². The zero-order chi connectivity index (χ0) is 13.7. The van der Waals surface area contributed by atoms with Crippen LogP contribution in [-0.2, 0) is 9.53 Å². The molecule has 1 N–H and O–H groups in total. The molecule has 19 heavy (non-hydrogen) atoms. The Balaban J connectivity index is 2.07. The normalized spacial score (nSPS) is 18.2. The summed E-state index contributed by atoms with van der Waals surface area (Å²) >= 11 is 3.78. The van der Waals surface area contributed by atoms with Crippen LogP contribution in [0.2, 0.25) is 0 Å². The van der Waals surface area contributed by atoms with Crippen molar-refractivity contribution in [2.75, 3.05) is 6.61 Å². The Kier molecular flexibility index (Phi) is 6.03. The molecule has 0 amide bonds. The van der Waals surface area contributed by atoms with Crippen LogP contribution in [0.1, 0.15) is 50.1 Å². The van der Waals surface area contributed by atoms with Gasteiger partial charge in [-0.15, -0.1) is 11.3 Å². The van der Waals surface area contributed by atoms with Gasteiger partial charge in [0, 0.05) is 6.04 Å². The molecule has 4 nitrogen and oxygen atoms in total. The average Bonchev–Trinajstić information content (AvgIpc) is 2.84. The number of hydrogen-bond acceptors (Lipinski definition) is 5. The van der Waals surface area contributed by atoms with E-state index in [0.717, 1.165) is 20.7 Å². The molecule has 0 bridgehead atoms. The number of thiazole rings is 1. The van der Waals surface area contributed by atoms with Crippen molar-refractivity contribution in [2.45, 2.75) is 51.1 Å². The fourth-order valence-electron chi connectivity index (χ4n) is 2.37. The molecule has 0 aliphatic heterocycles. The molecule has 2 rings (SSSR count). The first-order valence-electron chi connectivity index (χ1n) is 6.74. The van der Waals surface area contributed by atoms with Crippen molar-refractivity contribution in [1.82, 2.24) is 10.3 Å². The highest BCUT2D eigenvalue weighted by Crippen LogP contribution is 2.26. The van der Waals surface area contributed by atoms with Crippen LogP contribution in [0.25, 0.3) is 0 Å². The Hall–Kier alpha value is -0.210. The third kappa shape index (κ3) is 4.39. The highest BCUT2D eigenvalue weighted by atomic mass is 127. The van der Waals surface area contributed by atoms with Gasteiger partial charge < -0.3 is 4.74 Å². The first-order valence-corrected chi connectivity index (χ1v) is 8.64. The van der Waals surface area contributed by atoms with Gasteiger partial charge in [0.05, 0.1) is 15.7 Å². The van der Waals surface area contributed by atoms with E-state index in [1.54, 1.807) is 17.5 Å². The number of ether oxygens (including phenoxy) is 1. The number of rotatable bonds is 5. The Morgan fingerprint density at radius 2 is 2.32 bits per heavy atom. The number of hydrogen-bond donors (Lipinski definition) is 1. The van der Waals surface area contributed by atoms with Gasteiger partial charge in [0.2, 0.25) is 0 Å². The Morgan fingerprint density at radius 3 is 2.89 bits per heavy atom. The first-order chi connectivity index (χ1) is 9.20. The minimum atomic E-state index is -0.406. The number of carbonyl (C=O) groups is 1. The minimum absolute atomic E-state index is 0.209. The van der Waals surface area contributed by atoms with Crippen LogP contribution in [0.4, 0.5) is 0 Å². The molecule has 6 heteroatoms. The molecule has 1 atom stereocenters. The summed E-state index contributed by atoms with van der Waals surface area (Å²) in [6.07, 6.45) is 7.86. The van der Waals surface area contributed by atoms with Crippen LogP contribution >= 0.6 is 33.9 Å². The molecular formula is C13H19IN2O2S. The van der Waals surface area contributed by atoms with Gasteiger partial charge in [-0.2, -0.15) is 0 Å². The SMILES string of the molecule is CCOC(=O)C(NC1CCCCC1)c1ncc(I)s1. The van der Waals surface area contributed by atoms with Crippen molar-refractivity contribution < 1.29 is 9.53 Å². The second-order valence-corrected chi connectivity index (χ2v) is 7.65. The quantitative estimate of drug-likeness (QED) is 0.615. The van der Waals surface area contributed by atoms with Crippen molar-refractivity contribution in [3.05, 3.63) is 14.1 Å². The van der Waals surface area contributed by atoms with E-state index in [0.29, 0.717) is 12.6 Å². The smallest absolute Gasteiger partial charge is 0.330 e. The van der Waals surface area contributed by atoms with Gasteiger partial charge in [0.25, 0.3) is 0 Å². The molecule has 1 aromatic rings. The largest absolute Gasteiger partial charge is 0.465 e.